The van der Waals surface area contributed by atoms with Crippen molar-refractivity contribution in [2.75, 3.05) is 6.61 Å². The van der Waals surface area contributed by atoms with Gasteiger partial charge in [0.05, 0.1) is 17.7 Å². The van der Waals surface area contributed by atoms with E-state index in [0.717, 1.165) is 20.8 Å². The van der Waals surface area contributed by atoms with Crippen LogP contribution in [0.2, 0.25) is 5.15 Å². The molecule has 0 fully saturated rings. The fourth-order valence-electron chi connectivity index (χ4n) is 4.17. The molecule has 0 atom stereocenters. The zero-order valence-corrected chi connectivity index (χ0v) is 21.6. The van der Waals surface area contributed by atoms with E-state index in [1.165, 1.54) is 6.08 Å². The van der Waals surface area contributed by atoms with Crippen LogP contribution in [0.25, 0.3) is 39.0 Å². The number of benzene rings is 3. The summed E-state index contributed by atoms with van der Waals surface area (Å²) in [6.07, 6.45) is 2.96. The van der Waals surface area contributed by atoms with Crippen LogP contribution in [0.4, 0.5) is 0 Å². The van der Waals surface area contributed by atoms with Crippen molar-refractivity contribution >= 4 is 61.2 Å². The van der Waals surface area contributed by atoms with Crippen molar-refractivity contribution in [2.24, 2.45) is 0 Å². The molecule has 1 N–H and O–H groups in total. The second-order valence-electron chi connectivity index (χ2n) is 8.11. The minimum atomic E-state index is -0.454. The molecule has 0 saturated carbocycles. The van der Waals surface area contributed by atoms with E-state index in [4.69, 9.17) is 16.3 Å². The van der Waals surface area contributed by atoms with Crippen LogP contribution in [-0.4, -0.2) is 22.4 Å². The van der Waals surface area contributed by atoms with Gasteiger partial charge in [-0.2, -0.15) is 0 Å². The van der Waals surface area contributed by atoms with Gasteiger partial charge in [0.2, 0.25) is 0 Å². The zero-order chi connectivity index (χ0) is 25.2. The number of hydrogen-bond acceptors (Lipinski definition) is 4. The molecule has 0 spiro atoms. The second-order valence-corrected chi connectivity index (χ2v) is 9.39. The van der Waals surface area contributed by atoms with Gasteiger partial charge in [-0.15, -0.1) is 0 Å². The van der Waals surface area contributed by atoms with E-state index in [1.54, 1.807) is 6.08 Å². The molecular weight excluding hydrogens is 540 g/mol. The van der Waals surface area contributed by atoms with Gasteiger partial charge in [0.25, 0.3) is 5.56 Å². The molecule has 7 heteroatoms. The lowest BCUT2D eigenvalue weighted by atomic mass is 9.94. The Morgan fingerprint density at radius 1 is 1.08 bits per heavy atom. The Kier molecular flexibility index (Phi) is 6.72. The minimum Gasteiger partial charge on any atom is -0.494 e. The van der Waals surface area contributed by atoms with Crippen molar-refractivity contribution in [3.63, 3.8) is 0 Å². The summed E-state index contributed by atoms with van der Waals surface area (Å²) >= 11 is 9.93. The maximum atomic E-state index is 13.5. The number of nitrogens with one attached hydrogen (secondary N) is 1. The van der Waals surface area contributed by atoms with Crippen molar-refractivity contribution in [3.05, 3.63) is 110 Å². The molecule has 5 nitrogen and oxygen atoms in total. The number of aromatic amines is 1. The molecule has 0 saturated heterocycles. The fourth-order valence-corrected chi connectivity index (χ4v) is 4.74. The second kappa shape index (κ2) is 10.1. The summed E-state index contributed by atoms with van der Waals surface area (Å²) in [5.41, 5.74) is 2.88. The predicted octanol–water partition coefficient (Wildman–Crippen LogP) is 7.45. The van der Waals surface area contributed by atoms with Gasteiger partial charge in [-0.25, -0.2) is 4.98 Å². The van der Waals surface area contributed by atoms with E-state index in [-0.39, 0.29) is 10.7 Å². The first-order chi connectivity index (χ1) is 17.4. The highest BCUT2D eigenvalue weighted by atomic mass is 79.9. The number of rotatable bonds is 6. The number of pyridine rings is 2. The molecule has 0 radical (unpaired) electrons. The first-order valence-corrected chi connectivity index (χ1v) is 12.5. The molecule has 0 aliphatic heterocycles. The molecule has 0 bridgehead atoms. The van der Waals surface area contributed by atoms with Crippen LogP contribution in [0.1, 0.15) is 22.8 Å². The molecule has 0 amide bonds. The number of carbonyl (C=O) groups is 1. The van der Waals surface area contributed by atoms with Crippen LogP contribution in [0.5, 0.6) is 5.75 Å². The van der Waals surface area contributed by atoms with Gasteiger partial charge in [0, 0.05) is 38.0 Å². The normalized spacial score (nSPS) is 11.4. The number of halogens is 2. The first-order valence-electron chi connectivity index (χ1n) is 11.3. The van der Waals surface area contributed by atoms with E-state index in [0.29, 0.717) is 34.5 Å². The Hall–Kier alpha value is -3.74. The summed E-state index contributed by atoms with van der Waals surface area (Å²) in [6, 6.07) is 22.4. The van der Waals surface area contributed by atoms with Crippen molar-refractivity contribution < 1.29 is 9.53 Å². The number of hydrogen-bond donors (Lipinski definition) is 1. The topological polar surface area (TPSA) is 72.1 Å². The molecule has 2 aromatic heterocycles. The summed E-state index contributed by atoms with van der Waals surface area (Å²) in [6.45, 7) is 2.47. The van der Waals surface area contributed by atoms with Crippen LogP contribution < -0.4 is 10.3 Å². The minimum absolute atomic E-state index is 0.0641. The van der Waals surface area contributed by atoms with Crippen LogP contribution in [0.3, 0.4) is 0 Å². The molecule has 0 aliphatic carbocycles. The Labute approximate surface area is 220 Å². The molecule has 178 valence electrons. The largest absolute Gasteiger partial charge is 0.494 e. The number of H-pyrrole nitrogens is 1. The third-order valence-electron chi connectivity index (χ3n) is 5.78. The summed E-state index contributed by atoms with van der Waals surface area (Å²) in [5.74, 6) is 0.280. The summed E-state index contributed by atoms with van der Waals surface area (Å²) in [5, 5.41) is 1.87. The van der Waals surface area contributed by atoms with E-state index in [2.05, 4.69) is 25.9 Å². The van der Waals surface area contributed by atoms with Gasteiger partial charge in [-0.05, 0) is 61.0 Å². The fraction of sp³-hybridized carbons (Fsp3) is 0.0690. The number of aromatic nitrogens is 2. The van der Waals surface area contributed by atoms with E-state index in [1.807, 2.05) is 79.7 Å². The smallest absolute Gasteiger partial charge is 0.260 e. The van der Waals surface area contributed by atoms with E-state index < -0.39 is 11.3 Å². The molecule has 5 aromatic rings. The van der Waals surface area contributed by atoms with Crippen molar-refractivity contribution in [3.8, 4) is 16.9 Å². The maximum absolute atomic E-state index is 13.5. The summed E-state index contributed by atoms with van der Waals surface area (Å²) in [4.78, 5) is 33.9. The van der Waals surface area contributed by atoms with Crippen molar-refractivity contribution in [1.29, 1.82) is 0 Å². The van der Waals surface area contributed by atoms with E-state index >= 15 is 0 Å². The molecule has 36 heavy (non-hydrogen) atoms. The highest BCUT2D eigenvalue weighted by Gasteiger charge is 2.19. The predicted molar refractivity (Wildman–Crippen MR) is 149 cm³/mol. The molecule has 2 heterocycles. The molecule has 5 rings (SSSR count). The first kappa shape index (κ1) is 24.0. The lowest BCUT2D eigenvalue weighted by Crippen LogP contribution is -2.18. The number of nitrogens with zero attached hydrogens (tertiary/aromatic N) is 1. The highest BCUT2D eigenvalue weighted by molar-refractivity contribution is 9.10. The van der Waals surface area contributed by atoms with Gasteiger partial charge in [-0.1, -0.05) is 57.9 Å². The highest BCUT2D eigenvalue weighted by Crippen LogP contribution is 2.32. The third kappa shape index (κ3) is 4.70. The number of carbonyl (C=O) groups excluding carboxylic acids is 1. The average Bonchev–Trinajstić information content (AvgIpc) is 2.87. The van der Waals surface area contributed by atoms with Gasteiger partial charge < -0.3 is 9.72 Å². The Morgan fingerprint density at radius 2 is 1.89 bits per heavy atom. The van der Waals surface area contributed by atoms with Crippen molar-refractivity contribution in [2.45, 2.75) is 6.92 Å². The molecule has 3 aromatic carbocycles. The number of ether oxygens (including phenoxy) is 1. The number of allylic oxidation sites excluding steroid dienone is 1. The van der Waals surface area contributed by atoms with Gasteiger partial charge in [0.15, 0.2) is 5.78 Å². The molecule has 0 aliphatic rings. The Morgan fingerprint density at radius 3 is 2.67 bits per heavy atom. The summed E-state index contributed by atoms with van der Waals surface area (Å²) in [7, 11) is 0. The SMILES string of the molecule is CCOc1ccc2cc(/C=C/C(=O)c3c(-c4ccccc4)c4cc(Br)ccc4[nH]c3=O)c(Cl)nc2c1. The number of fused-ring (bicyclic) bond motifs is 2. The molecule has 0 unspecified atom stereocenters. The van der Waals surface area contributed by atoms with Crippen LogP contribution >= 0.6 is 27.5 Å². The van der Waals surface area contributed by atoms with Gasteiger partial charge >= 0.3 is 0 Å². The number of ketones is 1. The van der Waals surface area contributed by atoms with Crippen LogP contribution in [0.15, 0.2) is 88.1 Å². The van der Waals surface area contributed by atoms with Crippen LogP contribution in [-0.2, 0) is 0 Å². The standard InChI is InChI=1S/C29H20BrClN2O3/c1-2-36-21-11-8-18-14-19(28(31)32-24(18)16-21)9-13-25(34)27-26(17-6-4-3-5-7-17)22-15-20(30)10-12-23(22)33-29(27)35/h3-16H,2H2,1H3,(H,33,35)/b13-9+. The Bertz CT molecular complexity index is 1710. The lowest BCUT2D eigenvalue weighted by Gasteiger charge is -2.12. The van der Waals surface area contributed by atoms with Crippen molar-refractivity contribution in [1.82, 2.24) is 9.97 Å². The van der Waals surface area contributed by atoms with Gasteiger partial charge in [0.1, 0.15) is 10.9 Å². The maximum Gasteiger partial charge on any atom is 0.260 e. The zero-order valence-electron chi connectivity index (χ0n) is 19.2. The van der Waals surface area contributed by atoms with Crippen LogP contribution in [0, 0.1) is 0 Å². The third-order valence-corrected chi connectivity index (χ3v) is 6.58. The molecular formula is C29H20BrClN2O3. The Balaban J connectivity index is 1.60. The quantitative estimate of drug-likeness (QED) is 0.133. The lowest BCUT2D eigenvalue weighted by molar-refractivity contribution is 0.104. The van der Waals surface area contributed by atoms with E-state index in [9.17, 15) is 9.59 Å². The van der Waals surface area contributed by atoms with Gasteiger partial charge in [-0.3, -0.25) is 9.59 Å². The monoisotopic (exact) mass is 558 g/mol. The average molecular weight is 560 g/mol. The summed E-state index contributed by atoms with van der Waals surface area (Å²) < 4.78 is 6.37.